The summed E-state index contributed by atoms with van der Waals surface area (Å²) >= 11 is 12.2. The van der Waals surface area contributed by atoms with Crippen LogP contribution in [0.25, 0.3) is 0 Å². The first-order valence-electron chi connectivity index (χ1n) is 6.10. The molecule has 3 N–H and O–H groups in total. The third-order valence-corrected chi connectivity index (χ3v) is 3.57. The van der Waals surface area contributed by atoms with Gasteiger partial charge < -0.3 is 11.1 Å². The highest BCUT2D eigenvalue weighted by Gasteiger charge is 2.05. The Morgan fingerprint density at radius 3 is 2.20 bits per heavy atom. The van der Waals surface area contributed by atoms with Gasteiger partial charge in [-0.05, 0) is 29.8 Å². The lowest BCUT2D eigenvalue weighted by atomic mass is 10.1. The summed E-state index contributed by atoms with van der Waals surface area (Å²) in [5, 5.41) is 4.51. The molecule has 3 nitrogen and oxygen atoms in total. The number of benzene rings is 2. The number of anilines is 1. The smallest absolute Gasteiger partial charge is 0.221 e. The normalized spacial score (nSPS) is 10.3. The molecule has 0 spiro atoms. The summed E-state index contributed by atoms with van der Waals surface area (Å²) in [6.07, 6.45) is 0.247. The van der Waals surface area contributed by atoms with E-state index in [2.05, 4.69) is 5.32 Å². The van der Waals surface area contributed by atoms with E-state index in [0.29, 0.717) is 16.6 Å². The molecule has 104 valence electrons. The Morgan fingerprint density at radius 2 is 1.65 bits per heavy atom. The molecule has 0 aromatic heterocycles. The zero-order chi connectivity index (χ0) is 14.5. The zero-order valence-corrected chi connectivity index (χ0v) is 12.2. The molecule has 0 aliphatic rings. The minimum atomic E-state index is -0.339. The van der Waals surface area contributed by atoms with Crippen LogP contribution in [0.5, 0.6) is 0 Å². The van der Waals surface area contributed by atoms with Crippen LogP contribution in [0.4, 0.5) is 5.69 Å². The van der Waals surface area contributed by atoms with Gasteiger partial charge in [0.25, 0.3) is 0 Å². The first-order valence-corrected chi connectivity index (χ1v) is 6.86. The molecule has 0 fully saturated rings. The summed E-state index contributed by atoms with van der Waals surface area (Å²) in [6, 6.07) is 12.9. The molecule has 0 atom stereocenters. The van der Waals surface area contributed by atoms with Crippen molar-refractivity contribution in [1.82, 2.24) is 0 Å². The Hall–Kier alpha value is -1.71. The van der Waals surface area contributed by atoms with Crippen molar-refractivity contribution in [1.29, 1.82) is 0 Å². The van der Waals surface area contributed by atoms with Crippen LogP contribution in [-0.2, 0) is 17.8 Å². The van der Waals surface area contributed by atoms with E-state index in [1.54, 1.807) is 12.1 Å². The van der Waals surface area contributed by atoms with E-state index in [4.69, 9.17) is 28.9 Å². The number of carbonyl (C=O) groups excluding carboxylic acids is 1. The maximum atomic E-state index is 10.8. The van der Waals surface area contributed by atoms with E-state index in [1.807, 2.05) is 30.3 Å². The van der Waals surface area contributed by atoms with E-state index >= 15 is 0 Å². The Labute approximate surface area is 127 Å². The van der Waals surface area contributed by atoms with E-state index < -0.39 is 0 Å². The predicted molar refractivity (Wildman–Crippen MR) is 83.1 cm³/mol. The van der Waals surface area contributed by atoms with Crippen LogP contribution < -0.4 is 11.1 Å². The van der Waals surface area contributed by atoms with Gasteiger partial charge in [-0.15, -0.1) is 0 Å². The lowest BCUT2D eigenvalue weighted by molar-refractivity contribution is -0.117. The van der Waals surface area contributed by atoms with Crippen molar-refractivity contribution in [3.63, 3.8) is 0 Å². The van der Waals surface area contributed by atoms with Crippen LogP contribution in [0, 0.1) is 0 Å². The third kappa shape index (κ3) is 3.89. The molecule has 2 aromatic carbocycles. The molecule has 2 rings (SSSR count). The van der Waals surface area contributed by atoms with E-state index in [9.17, 15) is 4.79 Å². The summed E-state index contributed by atoms with van der Waals surface area (Å²) in [5.74, 6) is -0.339. The van der Waals surface area contributed by atoms with Crippen molar-refractivity contribution in [2.24, 2.45) is 5.73 Å². The largest absolute Gasteiger partial charge is 0.381 e. The monoisotopic (exact) mass is 308 g/mol. The van der Waals surface area contributed by atoms with Crippen molar-refractivity contribution in [2.75, 3.05) is 5.32 Å². The van der Waals surface area contributed by atoms with Crippen molar-refractivity contribution in [3.8, 4) is 0 Å². The minimum absolute atomic E-state index is 0.247. The zero-order valence-electron chi connectivity index (χ0n) is 10.7. The number of hydrogen-bond donors (Lipinski definition) is 2. The average Bonchev–Trinajstić information content (AvgIpc) is 2.39. The van der Waals surface area contributed by atoms with Gasteiger partial charge in [0.1, 0.15) is 0 Å². The number of amides is 1. The second-order valence-corrected chi connectivity index (χ2v) is 5.21. The third-order valence-electron chi connectivity index (χ3n) is 2.86. The molecule has 0 heterocycles. The second kappa shape index (κ2) is 6.64. The fourth-order valence-corrected chi connectivity index (χ4v) is 2.36. The van der Waals surface area contributed by atoms with E-state index in [-0.39, 0.29) is 12.3 Å². The SMILES string of the molecule is NC(=O)Cc1ccc(NCc2c(Cl)cccc2Cl)cc1. The fraction of sp³-hybridized carbons (Fsp3) is 0.133. The fourth-order valence-electron chi connectivity index (χ4n) is 1.83. The number of nitrogens with one attached hydrogen (secondary N) is 1. The maximum absolute atomic E-state index is 10.8. The number of hydrogen-bond acceptors (Lipinski definition) is 2. The Balaban J connectivity index is 2.02. The van der Waals surface area contributed by atoms with Crippen molar-refractivity contribution >= 4 is 34.8 Å². The van der Waals surface area contributed by atoms with Crippen LogP contribution in [0.1, 0.15) is 11.1 Å². The molecule has 1 amide bonds. The van der Waals surface area contributed by atoms with Crippen molar-refractivity contribution in [2.45, 2.75) is 13.0 Å². The number of halogens is 2. The van der Waals surface area contributed by atoms with Gasteiger partial charge in [0.05, 0.1) is 6.42 Å². The van der Waals surface area contributed by atoms with Crippen LogP contribution in [0.2, 0.25) is 10.0 Å². The molecule has 5 heteroatoms. The topological polar surface area (TPSA) is 55.1 Å². The first-order chi connectivity index (χ1) is 9.56. The van der Waals surface area contributed by atoms with Gasteiger partial charge in [-0.2, -0.15) is 0 Å². The maximum Gasteiger partial charge on any atom is 0.221 e. The Morgan fingerprint density at radius 1 is 1.05 bits per heavy atom. The van der Waals surface area contributed by atoms with Crippen LogP contribution in [0.3, 0.4) is 0 Å². The lowest BCUT2D eigenvalue weighted by Crippen LogP contribution is -2.13. The van der Waals surface area contributed by atoms with Crippen LogP contribution in [-0.4, -0.2) is 5.91 Å². The standard InChI is InChI=1S/C15H14Cl2N2O/c16-13-2-1-3-14(17)12(13)9-19-11-6-4-10(5-7-11)8-15(18)20/h1-7,19H,8-9H2,(H2,18,20). The molecule has 20 heavy (non-hydrogen) atoms. The molecular weight excluding hydrogens is 295 g/mol. The summed E-state index contributed by atoms with van der Waals surface area (Å²) in [7, 11) is 0. The first kappa shape index (κ1) is 14.7. The summed E-state index contributed by atoms with van der Waals surface area (Å²) < 4.78 is 0. The highest BCUT2D eigenvalue weighted by atomic mass is 35.5. The number of primary amides is 1. The van der Waals surface area contributed by atoms with Gasteiger partial charge in [-0.1, -0.05) is 41.4 Å². The summed E-state index contributed by atoms with van der Waals surface area (Å²) in [4.78, 5) is 10.8. The molecular formula is C15H14Cl2N2O. The summed E-state index contributed by atoms with van der Waals surface area (Å²) in [6.45, 7) is 0.535. The van der Waals surface area contributed by atoms with Crippen molar-refractivity contribution in [3.05, 3.63) is 63.6 Å². The van der Waals surface area contributed by atoms with Crippen molar-refractivity contribution < 1.29 is 4.79 Å². The van der Waals surface area contributed by atoms with E-state index in [1.165, 1.54) is 0 Å². The van der Waals surface area contributed by atoms with E-state index in [0.717, 1.165) is 16.8 Å². The minimum Gasteiger partial charge on any atom is -0.381 e. The number of rotatable bonds is 5. The number of carbonyl (C=O) groups is 1. The van der Waals surface area contributed by atoms with Crippen LogP contribution >= 0.6 is 23.2 Å². The number of nitrogens with two attached hydrogens (primary N) is 1. The molecule has 0 bridgehead atoms. The molecule has 0 radical (unpaired) electrons. The quantitative estimate of drug-likeness (QED) is 0.886. The molecule has 0 saturated carbocycles. The molecule has 0 unspecified atom stereocenters. The molecule has 0 aliphatic heterocycles. The van der Waals surface area contributed by atoms with Gasteiger partial charge in [-0.25, -0.2) is 0 Å². The predicted octanol–water partition coefficient (Wildman–Crippen LogP) is 3.63. The molecule has 2 aromatic rings. The summed E-state index contributed by atoms with van der Waals surface area (Å²) in [5.41, 5.74) is 7.82. The lowest BCUT2D eigenvalue weighted by Gasteiger charge is -2.10. The van der Waals surface area contributed by atoms with Gasteiger partial charge in [0.2, 0.25) is 5.91 Å². The van der Waals surface area contributed by atoms with Gasteiger partial charge in [0, 0.05) is 27.8 Å². The van der Waals surface area contributed by atoms with Gasteiger partial charge in [-0.3, -0.25) is 4.79 Å². The highest BCUT2D eigenvalue weighted by Crippen LogP contribution is 2.25. The van der Waals surface area contributed by atoms with Gasteiger partial charge >= 0.3 is 0 Å². The van der Waals surface area contributed by atoms with Crippen LogP contribution in [0.15, 0.2) is 42.5 Å². The molecule has 0 aliphatic carbocycles. The Kier molecular flexibility index (Phi) is 4.88. The second-order valence-electron chi connectivity index (χ2n) is 4.39. The Bertz CT molecular complexity index is 592. The highest BCUT2D eigenvalue weighted by molar-refractivity contribution is 6.36. The van der Waals surface area contributed by atoms with Gasteiger partial charge in [0.15, 0.2) is 0 Å². The average molecular weight is 309 g/mol. The molecule has 0 saturated heterocycles.